The summed E-state index contributed by atoms with van der Waals surface area (Å²) in [5, 5.41) is 3.23. The van der Waals surface area contributed by atoms with Gasteiger partial charge in [-0.1, -0.05) is 91.0 Å². The van der Waals surface area contributed by atoms with Gasteiger partial charge in [-0.3, -0.25) is 5.32 Å². The lowest BCUT2D eigenvalue weighted by Crippen LogP contribution is -2.36. The zero-order chi connectivity index (χ0) is 17.7. The molecule has 1 aliphatic rings. The third-order valence-corrected chi connectivity index (χ3v) is 4.82. The molecule has 0 saturated carbocycles. The fourth-order valence-electron chi connectivity index (χ4n) is 3.55. The highest BCUT2D eigenvalue weighted by Crippen LogP contribution is 2.40. The maximum Gasteiger partial charge on any atom is 0.143 e. The van der Waals surface area contributed by atoms with Crippen LogP contribution >= 0.6 is 0 Å². The van der Waals surface area contributed by atoms with Crippen LogP contribution in [0.15, 0.2) is 91.0 Å². The van der Waals surface area contributed by atoms with E-state index in [9.17, 15) is 0 Å². The maximum absolute atomic E-state index is 6.71. The summed E-state index contributed by atoms with van der Waals surface area (Å²) in [6.45, 7) is 1.92. The molecular weight excluding hydrogens is 322 g/mol. The molecular formula is C23H23NO2. The van der Waals surface area contributed by atoms with E-state index in [0.717, 1.165) is 23.2 Å². The molecule has 3 nitrogen and oxygen atoms in total. The van der Waals surface area contributed by atoms with Gasteiger partial charge < -0.3 is 9.47 Å². The first kappa shape index (κ1) is 17.0. The summed E-state index contributed by atoms with van der Waals surface area (Å²) in [6.07, 6.45) is 0.0607. The van der Waals surface area contributed by atoms with Gasteiger partial charge in [-0.2, -0.15) is 0 Å². The lowest BCUT2D eigenvalue weighted by atomic mass is 9.80. The van der Waals surface area contributed by atoms with E-state index in [4.69, 9.17) is 9.47 Å². The Hall–Kier alpha value is -2.46. The molecule has 3 heteroatoms. The van der Waals surface area contributed by atoms with Gasteiger partial charge in [0.25, 0.3) is 0 Å². The van der Waals surface area contributed by atoms with Crippen molar-refractivity contribution in [2.24, 2.45) is 0 Å². The second-order valence-electron chi connectivity index (χ2n) is 6.48. The minimum atomic E-state index is -0.671. The molecule has 1 unspecified atom stereocenters. The van der Waals surface area contributed by atoms with Crippen molar-refractivity contribution in [1.82, 2.24) is 5.32 Å². The van der Waals surface area contributed by atoms with Crippen LogP contribution in [-0.4, -0.2) is 26.0 Å². The molecule has 1 atom stereocenters. The number of nitrogens with one attached hydrogen (secondary N) is 1. The first-order valence-electron chi connectivity index (χ1n) is 9.02. The predicted molar refractivity (Wildman–Crippen MR) is 103 cm³/mol. The minimum absolute atomic E-state index is 0.0607. The normalized spacial score (nSPS) is 17.3. The summed E-state index contributed by atoms with van der Waals surface area (Å²) in [4.78, 5) is 0. The molecule has 1 aliphatic heterocycles. The molecule has 0 aromatic heterocycles. The summed E-state index contributed by atoms with van der Waals surface area (Å²) in [7, 11) is 0. The van der Waals surface area contributed by atoms with E-state index in [0.29, 0.717) is 13.3 Å². The number of hydrogen-bond acceptors (Lipinski definition) is 3. The number of rotatable bonds is 6. The topological polar surface area (TPSA) is 30.5 Å². The highest BCUT2D eigenvalue weighted by molar-refractivity contribution is 5.47. The van der Waals surface area contributed by atoms with Crippen molar-refractivity contribution >= 4 is 0 Å². The van der Waals surface area contributed by atoms with E-state index in [-0.39, 0.29) is 6.10 Å². The summed E-state index contributed by atoms with van der Waals surface area (Å²) < 4.78 is 12.4. The van der Waals surface area contributed by atoms with E-state index in [2.05, 4.69) is 78.1 Å². The van der Waals surface area contributed by atoms with Crippen LogP contribution in [0.2, 0.25) is 0 Å². The molecule has 3 aromatic carbocycles. The Morgan fingerprint density at radius 2 is 1.23 bits per heavy atom. The Labute approximate surface area is 154 Å². The van der Waals surface area contributed by atoms with Gasteiger partial charge in [-0.05, 0) is 16.7 Å². The minimum Gasteiger partial charge on any atom is -0.359 e. The van der Waals surface area contributed by atoms with Crippen molar-refractivity contribution in [2.75, 3.05) is 19.9 Å². The first-order valence-corrected chi connectivity index (χ1v) is 9.02. The van der Waals surface area contributed by atoms with Crippen molar-refractivity contribution < 1.29 is 9.47 Å². The summed E-state index contributed by atoms with van der Waals surface area (Å²) >= 11 is 0. The molecule has 1 saturated heterocycles. The van der Waals surface area contributed by atoms with Crippen LogP contribution in [0.25, 0.3) is 0 Å². The smallest absolute Gasteiger partial charge is 0.143 e. The molecule has 0 spiro atoms. The van der Waals surface area contributed by atoms with Gasteiger partial charge in [0, 0.05) is 6.54 Å². The van der Waals surface area contributed by atoms with Crippen molar-refractivity contribution in [3.05, 3.63) is 108 Å². The van der Waals surface area contributed by atoms with Gasteiger partial charge in [0.1, 0.15) is 5.60 Å². The van der Waals surface area contributed by atoms with Crippen molar-refractivity contribution in [3.8, 4) is 0 Å². The average Bonchev–Trinajstić information content (AvgIpc) is 3.25. The van der Waals surface area contributed by atoms with Crippen LogP contribution in [0.1, 0.15) is 16.7 Å². The molecule has 4 rings (SSSR count). The average molecular weight is 345 g/mol. The lowest BCUT2D eigenvalue weighted by Gasteiger charge is -2.36. The maximum atomic E-state index is 6.71. The standard InChI is InChI=1S/C23H23NO2/c1-4-10-19(11-5-1)23(20-12-6-2-7-13-20,21-14-8-3-9-15-21)26-17-22-16-24-18-25-22/h1-15,22,24H,16-18H2. The van der Waals surface area contributed by atoms with E-state index in [1.165, 1.54) is 0 Å². The van der Waals surface area contributed by atoms with Crippen LogP contribution < -0.4 is 5.32 Å². The van der Waals surface area contributed by atoms with Gasteiger partial charge >= 0.3 is 0 Å². The number of benzene rings is 3. The highest BCUT2D eigenvalue weighted by Gasteiger charge is 2.38. The van der Waals surface area contributed by atoms with E-state index >= 15 is 0 Å². The largest absolute Gasteiger partial charge is 0.359 e. The van der Waals surface area contributed by atoms with Crippen molar-refractivity contribution in [2.45, 2.75) is 11.7 Å². The Bertz CT molecular complexity index is 703. The molecule has 0 aliphatic carbocycles. The second kappa shape index (κ2) is 7.83. The summed E-state index contributed by atoms with van der Waals surface area (Å²) in [6, 6.07) is 31.3. The Morgan fingerprint density at radius 1 is 0.769 bits per heavy atom. The Balaban J connectivity index is 1.84. The van der Waals surface area contributed by atoms with E-state index in [1.54, 1.807) is 0 Å². The second-order valence-corrected chi connectivity index (χ2v) is 6.48. The van der Waals surface area contributed by atoms with E-state index < -0.39 is 5.60 Å². The van der Waals surface area contributed by atoms with Gasteiger partial charge in [0.05, 0.1) is 19.4 Å². The van der Waals surface area contributed by atoms with Crippen LogP contribution in [0, 0.1) is 0 Å². The SMILES string of the molecule is c1ccc(C(OCC2CNCO2)(c2ccccc2)c2ccccc2)cc1. The first-order chi connectivity index (χ1) is 12.9. The molecule has 1 N–H and O–H groups in total. The monoisotopic (exact) mass is 345 g/mol. The fourth-order valence-corrected chi connectivity index (χ4v) is 3.55. The highest BCUT2D eigenvalue weighted by atomic mass is 16.6. The zero-order valence-corrected chi connectivity index (χ0v) is 14.7. The number of ether oxygens (including phenoxy) is 2. The Morgan fingerprint density at radius 3 is 1.62 bits per heavy atom. The molecule has 3 aromatic rings. The van der Waals surface area contributed by atoms with Crippen LogP contribution in [0.3, 0.4) is 0 Å². The molecule has 26 heavy (non-hydrogen) atoms. The molecule has 132 valence electrons. The predicted octanol–water partition coefficient (Wildman–Crippen LogP) is 3.94. The van der Waals surface area contributed by atoms with Crippen LogP contribution in [-0.2, 0) is 15.1 Å². The van der Waals surface area contributed by atoms with Gasteiger partial charge in [0.15, 0.2) is 0 Å². The quantitative estimate of drug-likeness (QED) is 0.687. The molecule has 1 heterocycles. The molecule has 0 radical (unpaired) electrons. The molecule has 1 fully saturated rings. The zero-order valence-electron chi connectivity index (χ0n) is 14.7. The van der Waals surface area contributed by atoms with Crippen LogP contribution in [0.5, 0.6) is 0 Å². The number of hydrogen-bond donors (Lipinski definition) is 1. The van der Waals surface area contributed by atoms with Gasteiger partial charge in [0.2, 0.25) is 0 Å². The summed E-state index contributed by atoms with van der Waals surface area (Å²) in [5.41, 5.74) is 2.67. The summed E-state index contributed by atoms with van der Waals surface area (Å²) in [5.74, 6) is 0. The Kier molecular flexibility index (Phi) is 5.12. The van der Waals surface area contributed by atoms with Gasteiger partial charge in [-0.15, -0.1) is 0 Å². The van der Waals surface area contributed by atoms with Crippen LogP contribution in [0.4, 0.5) is 0 Å². The third-order valence-electron chi connectivity index (χ3n) is 4.82. The lowest BCUT2D eigenvalue weighted by molar-refractivity contribution is -0.0428. The third kappa shape index (κ3) is 3.29. The van der Waals surface area contributed by atoms with E-state index in [1.807, 2.05) is 18.2 Å². The molecule has 0 amide bonds. The van der Waals surface area contributed by atoms with Crippen molar-refractivity contribution in [1.29, 1.82) is 0 Å². The molecule has 0 bridgehead atoms. The fraction of sp³-hybridized carbons (Fsp3) is 0.217. The van der Waals surface area contributed by atoms with Gasteiger partial charge in [-0.25, -0.2) is 0 Å². The van der Waals surface area contributed by atoms with Crippen molar-refractivity contribution in [3.63, 3.8) is 0 Å².